The standard InChI is InChI=1S/C24H33NO4/c1-17(2)22(20-8-10-21(27-4)11-9-20)13-14-25(18(3)26)16-19-7-12-23(28-5)24(15-19)29-6/h7-12,15,17,22H,13-14,16H2,1-6H3/t22-/m0/s1. The lowest BCUT2D eigenvalue weighted by molar-refractivity contribution is -0.129. The lowest BCUT2D eigenvalue weighted by atomic mass is 9.85. The summed E-state index contributed by atoms with van der Waals surface area (Å²) >= 11 is 0. The highest BCUT2D eigenvalue weighted by Gasteiger charge is 2.19. The first-order valence-electron chi connectivity index (χ1n) is 10.00. The smallest absolute Gasteiger partial charge is 0.219 e. The summed E-state index contributed by atoms with van der Waals surface area (Å²) in [5, 5.41) is 0. The van der Waals surface area contributed by atoms with Crippen molar-refractivity contribution in [2.45, 2.75) is 39.7 Å². The highest BCUT2D eigenvalue weighted by Crippen LogP contribution is 2.31. The zero-order chi connectivity index (χ0) is 21.4. The molecule has 0 N–H and O–H groups in total. The Morgan fingerprint density at radius 3 is 2.10 bits per heavy atom. The molecule has 0 saturated carbocycles. The van der Waals surface area contributed by atoms with E-state index in [9.17, 15) is 4.79 Å². The van der Waals surface area contributed by atoms with E-state index in [1.54, 1.807) is 28.3 Å². The van der Waals surface area contributed by atoms with Gasteiger partial charge >= 0.3 is 0 Å². The number of methoxy groups -OCH3 is 3. The third-order valence-electron chi connectivity index (χ3n) is 5.33. The van der Waals surface area contributed by atoms with Crippen molar-refractivity contribution in [2.75, 3.05) is 27.9 Å². The molecule has 0 aliphatic heterocycles. The number of amides is 1. The number of hydrogen-bond donors (Lipinski definition) is 0. The van der Waals surface area contributed by atoms with E-state index in [4.69, 9.17) is 14.2 Å². The number of benzene rings is 2. The van der Waals surface area contributed by atoms with Gasteiger partial charge in [0, 0.05) is 20.0 Å². The summed E-state index contributed by atoms with van der Waals surface area (Å²) in [4.78, 5) is 14.2. The summed E-state index contributed by atoms with van der Waals surface area (Å²) < 4.78 is 16.0. The molecule has 2 aromatic rings. The van der Waals surface area contributed by atoms with Gasteiger partial charge < -0.3 is 19.1 Å². The Morgan fingerprint density at radius 2 is 1.59 bits per heavy atom. The maximum Gasteiger partial charge on any atom is 0.219 e. The highest BCUT2D eigenvalue weighted by atomic mass is 16.5. The molecular formula is C24H33NO4. The fourth-order valence-electron chi connectivity index (χ4n) is 3.58. The van der Waals surface area contributed by atoms with Crippen molar-refractivity contribution in [1.29, 1.82) is 0 Å². The number of nitrogens with zero attached hydrogens (tertiary/aromatic N) is 1. The number of carbonyl (C=O) groups excluding carboxylic acids is 1. The summed E-state index contributed by atoms with van der Waals surface area (Å²) in [6.45, 7) is 7.31. The number of carbonyl (C=O) groups is 1. The fraction of sp³-hybridized carbons (Fsp3) is 0.458. The van der Waals surface area contributed by atoms with Crippen molar-refractivity contribution in [2.24, 2.45) is 5.92 Å². The van der Waals surface area contributed by atoms with Crippen LogP contribution in [0.1, 0.15) is 44.2 Å². The average molecular weight is 400 g/mol. The predicted octanol–water partition coefficient (Wildman–Crippen LogP) is 4.89. The summed E-state index contributed by atoms with van der Waals surface area (Å²) in [6, 6.07) is 14.0. The van der Waals surface area contributed by atoms with Crippen molar-refractivity contribution in [1.82, 2.24) is 4.90 Å². The van der Waals surface area contributed by atoms with Gasteiger partial charge in [0.2, 0.25) is 5.91 Å². The Labute approximate surface area is 174 Å². The molecule has 5 heteroatoms. The van der Waals surface area contributed by atoms with E-state index in [2.05, 4.69) is 26.0 Å². The minimum absolute atomic E-state index is 0.0667. The fourth-order valence-corrected chi connectivity index (χ4v) is 3.58. The average Bonchev–Trinajstić information content (AvgIpc) is 2.72. The van der Waals surface area contributed by atoms with Gasteiger partial charge in [-0.2, -0.15) is 0 Å². The molecule has 2 rings (SSSR count). The molecule has 0 unspecified atom stereocenters. The van der Waals surface area contributed by atoms with Crippen LogP contribution in [0.25, 0.3) is 0 Å². The van der Waals surface area contributed by atoms with Crippen molar-refractivity contribution in [3.05, 3.63) is 53.6 Å². The van der Waals surface area contributed by atoms with Crippen LogP contribution in [-0.4, -0.2) is 38.7 Å². The molecule has 29 heavy (non-hydrogen) atoms. The molecule has 0 bridgehead atoms. The molecular weight excluding hydrogens is 366 g/mol. The van der Waals surface area contributed by atoms with E-state index >= 15 is 0 Å². The molecule has 0 spiro atoms. The van der Waals surface area contributed by atoms with Crippen molar-refractivity contribution < 1.29 is 19.0 Å². The van der Waals surface area contributed by atoms with Gasteiger partial charge in [0.1, 0.15) is 5.75 Å². The molecule has 0 fully saturated rings. The largest absolute Gasteiger partial charge is 0.497 e. The Morgan fingerprint density at radius 1 is 0.931 bits per heavy atom. The summed E-state index contributed by atoms with van der Waals surface area (Å²) in [5.41, 5.74) is 2.29. The van der Waals surface area contributed by atoms with E-state index in [1.807, 2.05) is 35.2 Å². The van der Waals surface area contributed by atoms with Gasteiger partial charge in [0.15, 0.2) is 11.5 Å². The topological polar surface area (TPSA) is 48.0 Å². The first kappa shape index (κ1) is 22.6. The van der Waals surface area contributed by atoms with Crippen LogP contribution in [0.3, 0.4) is 0 Å². The normalized spacial score (nSPS) is 11.8. The molecule has 0 heterocycles. The van der Waals surface area contributed by atoms with Crippen LogP contribution in [0.2, 0.25) is 0 Å². The minimum Gasteiger partial charge on any atom is -0.497 e. The highest BCUT2D eigenvalue weighted by molar-refractivity contribution is 5.73. The molecule has 0 saturated heterocycles. The van der Waals surface area contributed by atoms with E-state index in [1.165, 1.54) is 5.56 Å². The summed E-state index contributed by atoms with van der Waals surface area (Å²) in [5.74, 6) is 3.12. The monoisotopic (exact) mass is 399 g/mol. The number of ether oxygens (including phenoxy) is 3. The Hall–Kier alpha value is -2.69. The molecule has 1 amide bonds. The van der Waals surface area contributed by atoms with E-state index in [0.717, 1.165) is 17.7 Å². The van der Waals surface area contributed by atoms with Gasteiger partial charge in [-0.15, -0.1) is 0 Å². The molecule has 0 aliphatic rings. The van der Waals surface area contributed by atoms with Gasteiger partial charge in [-0.05, 0) is 53.6 Å². The SMILES string of the molecule is COc1ccc([C@@H](CCN(Cc2ccc(OC)c(OC)c2)C(C)=O)C(C)C)cc1. The second-order valence-electron chi connectivity index (χ2n) is 7.54. The second-order valence-corrected chi connectivity index (χ2v) is 7.54. The van der Waals surface area contributed by atoms with Crippen LogP contribution in [0.4, 0.5) is 0 Å². The maximum atomic E-state index is 12.3. The maximum absolute atomic E-state index is 12.3. The van der Waals surface area contributed by atoms with Crippen LogP contribution < -0.4 is 14.2 Å². The second kappa shape index (κ2) is 10.7. The first-order valence-corrected chi connectivity index (χ1v) is 10.00. The van der Waals surface area contributed by atoms with Crippen molar-refractivity contribution >= 4 is 5.91 Å². The lowest BCUT2D eigenvalue weighted by Gasteiger charge is -2.27. The van der Waals surface area contributed by atoms with E-state index < -0.39 is 0 Å². The van der Waals surface area contributed by atoms with Crippen LogP contribution in [0, 0.1) is 5.92 Å². The number of hydrogen-bond acceptors (Lipinski definition) is 4. The quantitative estimate of drug-likeness (QED) is 0.571. The molecule has 5 nitrogen and oxygen atoms in total. The third kappa shape index (κ3) is 6.14. The zero-order valence-corrected chi connectivity index (χ0v) is 18.4. The first-order chi connectivity index (χ1) is 13.9. The van der Waals surface area contributed by atoms with Crippen molar-refractivity contribution in [3.63, 3.8) is 0 Å². The molecule has 0 aliphatic carbocycles. The van der Waals surface area contributed by atoms with Gasteiger partial charge in [0.25, 0.3) is 0 Å². The number of rotatable bonds is 10. The lowest BCUT2D eigenvalue weighted by Crippen LogP contribution is -2.30. The van der Waals surface area contributed by atoms with Crippen LogP contribution in [0.15, 0.2) is 42.5 Å². The molecule has 1 atom stereocenters. The third-order valence-corrected chi connectivity index (χ3v) is 5.33. The van der Waals surface area contributed by atoms with Gasteiger partial charge in [0.05, 0.1) is 21.3 Å². The van der Waals surface area contributed by atoms with Gasteiger partial charge in [-0.1, -0.05) is 32.0 Å². The molecule has 158 valence electrons. The molecule has 2 aromatic carbocycles. The molecule has 0 radical (unpaired) electrons. The minimum atomic E-state index is 0.0667. The Balaban J connectivity index is 2.11. The Kier molecular flexibility index (Phi) is 8.37. The molecule has 0 aromatic heterocycles. The summed E-state index contributed by atoms with van der Waals surface area (Å²) in [6.07, 6.45) is 0.900. The van der Waals surface area contributed by atoms with E-state index in [-0.39, 0.29) is 5.91 Å². The Bertz CT molecular complexity index is 786. The van der Waals surface area contributed by atoms with Crippen molar-refractivity contribution in [3.8, 4) is 17.2 Å². The van der Waals surface area contributed by atoms with Gasteiger partial charge in [-0.25, -0.2) is 0 Å². The van der Waals surface area contributed by atoms with Gasteiger partial charge in [-0.3, -0.25) is 4.79 Å². The summed E-state index contributed by atoms with van der Waals surface area (Å²) in [7, 11) is 4.91. The van der Waals surface area contributed by atoms with E-state index in [0.29, 0.717) is 36.4 Å². The van der Waals surface area contributed by atoms with Crippen LogP contribution in [-0.2, 0) is 11.3 Å². The zero-order valence-electron chi connectivity index (χ0n) is 18.4. The van der Waals surface area contributed by atoms with Crippen LogP contribution >= 0.6 is 0 Å². The predicted molar refractivity (Wildman–Crippen MR) is 116 cm³/mol. The van der Waals surface area contributed by atoms with Crippen LogP contribution in [0.5, 0.6) is 17.2 Å².